The molecule has 14 heteroatoms. The Morgan fingerprint density at radius 2 is 1.80 bits per heavy atom. The average Bonchev–Trinajstić information content (AvgIpc) is 3.51. The number of piperazine rings is 1. The third-order valence-corrected chi connectivity index (χ3v) is 6.81. The van der Waals surface area contributed by atoms with Gasteiger partial charge >= 0.3 is 6.18 Å². The number of terminal acetylenes is 1. The van der Waals surface area contributed by atoms with Crippen LogP contribution in [0, 0.1) is 18.7 Å². The van der Waals surface area contributed by atoms with Crippen LogP contribution < -0.4 is 10.6 Å². The maximum Gasteiger partial charge on any atom is 0.408 e. The lowest BCUT2D eigenvalue weighted by atomic mass is 9.96. The summed E-state index contributed by atoms with van der Waals surface area (Å²) in [5, 5.41) is 8.05. The summed E-state index contributed by atoms with van der Waals surface area (Å²) in [5.74, 6) is -1.36. The van der Waals surface area contributed by atoms with Gasteiger partial charge in [-0.2, -0.15) is 23.4 Å². The summed E-state index contributed by atoms with van der Waals surface area (Å²) in [6.45, 7) is 3.54. The minimum Gasteiger partial charge on any atom is -0.382 e. The minimum atomic E-state index is -4.51. The van der Waals surface area contributed by atoms with Crippen LogP contribution in [0.2, 0.25) is 0 Å². The number of rotatable bonds is 4. The summed E-state index contributed by atoms with van der Waals surface area (Å²) < 4.78 is 56.9. The number of alkyl halides is 3. The van der Waals surface area contributed by atoms with Crippen LogP contribution in [0.5, 0.6) is 0 Å². The Kier molecular flexibility index (Phi) is 7.49. The molecule has 0 saturated carbocycles. The Morgan fingerprint density at radius 1 is 1.10 bits per heavy atom. The van der Waals surface area contributed by atoms with Crippen molar-refractivity contribution in [2.24, 2.45) is 0 Å². The van der Waals surface area contributed by atoms with Gasteiger partial charge < -0.3 is 15.5 Å². The van der Waals surface area contributed by atoms with Crippen molar-refractivity contribution in [1.29, 1.82) is 0 Å². The molecule has 1 aliphatic rings. The van der Waals surface area contributed by atoms with Crippen LogP contribution in [0.3, 0.4) is 0 Å². The van der Waals surface area contributed by atoms with Crippen molar-refractivity contribution < 1.29 is 27.2 Å². The number of aromatic nitrogens is 5. The number of anilines is 2. The molecular weight excluding hydrogens is 544 g/mol. The van der Waals surface area contributed by atoms with E-state index in [2.05, 4.69) is 28.0 Å². The van der Waals surface area contributed by atoms with Crippen molar-refractivity contribution >= 4 is 28.8 Å². The number of nitrogens with two attached hydrogens (primary N) is 1. The second kappa shape index (κ2) is 10.6. The van der Waals surface area contributed by atoms with Gasteiger partial charge in [0.25, 0.3) is 5.91 Å². The number of amides is 2. The van der Waals surface area contributed by atoms with Crippen molar-refractivity contribution in [3.05, 3.63) is 48.7 Å². The highest BCUT2D eigenvalue weighted by Crippen LogP contribution is 2.37. The van der Waals surface area contributed by atoms with E-state index in [4.69, 9.17) is 5.73 Å². The largest absolute Gasteiger partial charge is 0.408 e. The highest BCUT2D eigenvalue weighted by atomic mass is 19.4. The fourth-order valence-corrected chi connectivity index (χ4v) is 5.01. The van der Waals surface area contributed by atoms with Gasteiger partial charge in [0.2, 0.25) is 5.91 Å². The molecule has 2 amide bonds. The van der Waals surface area contributed by atoms with E-state index in [1.54, 1.807) is 19.9 Å². The van der Waals surface area contributed by atoms with Gasteiger partial charge in [0.05, 0.1) is 17.1 Å². The topological polar surface area (TPSA) is 115 Å². The average molecular weight is 571 g/mol. The van der Waals surface area contributed by atoms with Crippen LogP contribution in [-0.4, -0.2) is 65.9 Å². The van der Waals surface area contributed by atoms with Crippen LogP contribution in [0.4, 0.5) is 29.1 Å². The normalized spacial score (nSPS) is 15.1. The highest BCUT2D eigenvalue weighted by Gasteiger charge is 2.44. The first-order chi connectivity index (χ1) is 19.3. The first-order valence-corrected chi connectivity index (χ1v) is 12.2. The molecule has 0 aliphatic carbocycles. The molecule has 2 N–H and O–H groups in total. The molecule has 0 bridgehead atoms. The van der Waals surface area contributed by atoms with Crippen molar-refractivity contribution in [3.8, 4) is 35.4 Å². The standard InChI is InChI=1S/C25H24F4N8O2.C2H2/c1-14(38)35-9-8-34(23(39)24(35,2)3)20-10-15(4-5-17(20)26)19-11-16(21-22(30)31-13-33-37(19)21)18-6-7-32-36(18)12-25(27,28)29;1-2/h4-7,10-11,13H,8-9,12H2,1-3H3,(H2,30,31,33);1-2H. The Hall–Kier alpha value is -4.93. The molecule has 10 nitrogen and oxygen atoms in total. The zero-order valence-corrected chi connectivity index (χ0v) is 22.4. The molecule has 0 unspecified atom stereocenters. The summed E-state index contributed by atoms with van der Waals surface area (Å²) in [7, 11) is 0. The SMILES string of the molecule is C#C.CC(=O)N1CCN(c2cc(-c3cc(-c4ccnn4CC(F)(F)F)c4c(N)ncnn34)ccc2F)C(=O)C1(C)C. The van der Waals surface area contributed by atoms with Crippen molar-refractivity contribution in [2.75, 3.05) is 23.7 Å². The van der Waals surface area contributed by atoms with Gasteiger partial charge in [-0.25, -0.2) is 13.9 Å². The number of carbonyl (C=O) groups is 2. The molecular formula is C27H26F4N8O2. The number of hydrogen-bond acceptors (Lipinski definition) is 6. The fourth-order valence-electron chi connectivity index (χ4n) is 5.01. The molecule has 0 spiro atoms. The Balaban J connectivity index is 0.00000189. The quantitative estimate of drug-likeness (QED) is 0.295. The molecule has 0 radical (unpaired) electrons. The maximum atomic E-state index is 15.1. The van der Waals surface area contributed by atoms with Crippen molar-refractivity contribution in [2.45, 2.75) is 39.0 Å². The van der Waals surface area contributed by atoms with Crippen LogP contribution in [0.25, 0.3) is 28.0 Å². The van der Waals surface area contributed by atoms with Gasteiger partial charge in [-0.3, -0.25) is 14.3 Å². The summed E-state index contributed by atoms with van der Waals surface area (Å²) >= 11 is 0. The smallest absolute Gasteiger partial charge is 0.382 e. The van der Waals surface area contributed by atoms with Crippen molar-refractivity contribution in [3.63, 3.8) is 0 Å². The third kappa shape index (κ3) is 5.18. The van der Waals surface area contributed by atoms with Gasteiger partial charge in [-0.1, -0.05) is 0 Å². The van der Waals surface area contributed by atoms with E-state index < -0.39 is 30.0 Å². The third-order valence-electron chi connectivity index (χ3n) is 6.81. The van der Waals surface area contributed by atoms with Crippen LogP contribution in [0.15, 0.2) is 42.9 Å². The second-order valence-electron chi connectivity index (χ2n) is 9.69. The summed E-state index contributed by atoms with van der Waals surface area (Å²) in [6.07, 6.45) is 5.92. The van der Waals surface area contributed by atoms with E-state index in [1.807, 2.05) is 0 Å². The zero-order valence-electron chi connectivity index (χ0n) is 22.4. The van der Waals surface area contributed by atoms with E-state index in [1.165, 1.54) is 58.0 Å². The van der Waals surface area contributed by atoms with Gasteiger partial charge in [0.15, 0.2) is 5.82 Å². The minimum absolute atomic E-state index is 0.00517. The number of fused-ring (bicyclic) bond motifs is 1. The molecule has 3 aromatic heterocycles. The number of nitrogen functional groups attached to an aromatic ring is 1. The van der Waals surface area contributed by atoms with Gasteiger partial charge in [0.1, 0.15) is 29.7 Å². The molecule has 0 atom stereocenters. The zero-order chi connectivity index (χ0) is 30.3. The molecule has 1 aromatic carbocycles. The van der Waals surface area contributed by atoms with E-state index in [0.717, 1.165) is 4.68 Å². The van der Waals surface area contributed by atoms with Crippen molar-refractivity contribution in [1.82, 2.24) is 29.3 Å². The van der Waals surface area contributed by atoms with Gasteiger partial charge in [0, 0.05) is 37.3 Å². The number of nitrogens with zero attached hydrogens (tertiary/aromatic N) is 7. The summed E-state index contributed by atoms with van der Waals surface area (Å²) in [6, 6.07) is 7.11. The second-order valence-corrected chi connectivity index (χ2v) is 9.69. The van der Waals surface area contributed by atoms with E-state index in [9.17, 15) is 22.8 Å². The Morgan fingerprint density at radius 3 is 2.46 bits per heavy atom. The molecule has 41 heavy (non-hydrogen) atoms. The number of benzene rings is 1. The molecule has 1 aliphatic heterocycles. The Bertz CT molecular complexity index is 1650. The van der Waals surface area contributed by atoms with E-state index in [-0.39, 0.29) is 41.7 Å². The predicted octanol–water partition coefficient (Wildman–Crippen LogP) is 3.77. The maximum absolute atomic E-state index is 15.1. The monoisotopic (exact) mass is 570 g/mol. The summed E-state index contributed by atoms with van der Waals surface area (Å²) in [5.41, 5.74) is 6.40. The van der Waals surface area contributed by atoms with Gasteiger partial charge in [-0.15, -0.1) is 12.8 Å². The molecule has 4 heterocycles. The molecule has 1 fully saturated rings. The van der Waals surface area contributed by atoms with Crippen LogP contribution >= 0.6 is 0 Å². The van der Waals surface area contributed by atoms with E-state index in [0.29, 0.717) is 16.8 Å². The molecule has 4 aromatic rings. The first-order valence-electron chi connectivity index (χ1n) is 12.2. The number of carbonyl (C=O) groups excluding carboxylic acids is 2. The molecule has 1 saturated heterocycles. The Labute approximate surface area is 232 Å². The number of halogens is 4. The fraction of sp³-hybridized carbons (Fsp3) is 0.296. The summed E-state index contributed by atoms with van der Waals surface area (Å²) in [4.78, 5) is 32.1. The lowest BCUT2D eigenvalue weighted by molar-refractivity contribution is -0.145. The van der Waals surface area contributed by atoms with Crippen LogP contribution in [0.1, 0.15) is 20.8 Å². The highest BCUT2D eigenvalue weighted by molar-refractivity contribution is 6.03. The lowest BCUT2D eigenvalue weighted by Gasteiger charge is -2.45. The molecule has 214 valence electrons. The first kappa shape index (κ1) is 29.1. The lowest BCUT2D eigenvalue weighted by Crippen LogP contribution is -2.64. The van der Waals surface area contributed by atoms with Gasteiger partial charge in [-0.05, 0) is 44.2 Å². The van der Waals surface area contributed by atoms with E-state index >= 15 is 4.39 Å². The number of hydrogen-bond donors (Lipinski definition) is 1. The predicted molar refractivity (Wildman–Crippen MR) is 144 cm³/mol. The molecule has 5 rings (SSSR count). The van der Waals surface area contributed by atoms with Crippen LogP contribution in [-0.2, 0) is 16.1 Å².